The fourth-order valence-corrected chi connectivity index (χ4v) is 5.95. The molecule has 4 aromatic rings. The van der Waals surface area contributed by atoms with Crippen molar-refractivity contribution in [2.45, 2.75) is 39.7 Å². The molecule has 1 aliphatic heterocycles. The van der Waals surface area contributed by atoms with Crippen molar-refractivity contribution < 1.29 is 33.6 Å². The number of rotatable bonds is 12. The van der Waals surface area contributed by atoms with Gasteiger partial charge in [0.05, 0.1) is 49.3 Å². The van der Waals surface area contributed by atoms with Gasteiger partial charge in [-0.15, -0.1) is 0 Å². The predicted molar refractivity (Wildman–Crippen MR) is 171 cm³/mol. The van der Waals surface area contributed by atoms with E-state index in [1.807, 2.05) is 13.0 Å². The maximum Gasteiger partial charge on any atom is 0.301 e. The summed E-state index contributed by atoms with van der Waals surface area (Å²) < 4.78 is 23.5. The molecule has 0 bridgehead atoms. The van der Waals surface area contributed by atoms with Gasteiger partial charge in [-0.3, -0.25) is 14.5 Å². The molecule has 230 valence electrons. The minimum Gasteiger partial charge on any atom is -0.507 e. The number of nitrogens with zero attached hydrogens (tertiary/aromatic N) is 2. The SMILES string of the molecule is CCCOc1ccc(/C(O)=C2\C(=O)C(=O)N(c3nc4ccc(OC)cc4s3)C2c2ccc(OCCC(C)C)c(OC)c2)cc1. The number of ether oxygens (including phenoxy) is 4. The van der Waals surface area contributed by atoms with Gasteiger partial charge in [-0.1, -0.05) is 38.2 Å². The van der Waals surface area contributed by atoms with Crippen molar-refractivity contribution in [3.8, 4) is 23.0 Å². The zero-order chi connectivity index (χ0) is 31.4. The van der Waals surface area contributed by atoms with E-state index in [-0.39, 0.29) is 11.3 Å². The highest BCUT2D eigenvalue weighted by Gasteiger charge is 2.48. The Morgan fingerprint density at radius 2 is 1.68 bits per heavy atom. The van der Waals surface area contributed by atoms with E-state index in [1.54, 1.807) is 61.7 Å². The molecule has 1 aromatic heterocycles. The fourth-order valence-electron chi connectivity index (χ4n) is 4.93. The first kappa shape index (κ1) is 30.9. The lowest BCUT2D eigenvalue weighted by Gasteiger charge is -2.24. The average molecular weight is 617 g/mol. The topological polar surface area (TPSA) is 107 Å². The molecule has 1 saturated heterocycles. The number of methoxy groups -OCH3 is 2. The maximum atomic E-state index is 13.7. The molecule has 1 N–H and O–H groups in total. The van der Waals surface area contributed by atoms with Crippen LogP contribution in [-0.4, -0.2) is 49.2 Å². The van der Waals surface area contributed by atoms with Gasteiger partial charge in [-0.25, -0.2) is 4.98 Å². The van der Waals surface area contributed by atoms with Crippen molar-refractivity contribution in [1.29, 1.82) is 0 Å². The Labute approximate surface area is 260 Å². The molecule has 1 unspecified atom stereocenters. The number of aliphatic hydroxyl groups excluding tert-OH is 1. The third-order valence-corrected chi connectivity index (χ3v) is 8.31. The Morgan fingerprint density at radius 3 is 2.36 bits per heavy atom. The predicted octanol–water partition coefficient (Wildman–Crippen LogP) is 7.15. The second-order valence-electron chi connectivity index (χ2n) is 10.8. The summed E-state index contributed by atoms with van der Waals surface area (Å²) >= 11 is 1.26. The molecule has 1 amide bonds. The van der Waals surface area contributed by atoms with Crippen LogP contribution < -0.4 is 23.8 Å². The van der Waals surface area contributed by atoms with Crippen molar-refractivity contribution in [3.05, 3.63) is 77.4 Å². The van der Waals surface area contributed by atoms with Gasteiger partial charge < -0.3 is 24.1 Å². The molecule has 10 heteroatoms. The second-order valence-corrected chi connectivity index (χ2v) is 11.8. The van der Waals surface area contributed by atoms with Crippen molar-refractivity contribution in [2.24, 2.45) is 5.92 Å². The number of carbonyl (C=O) groups excluding carboxylic acids is 2. The van der Waals surface area contributed by atoms with E-state index in [0.29, 0.717) is 63.9 Å². The van der Waals surface area contributed by atoms with Crippen LogP contribution in [0.3, 0.4) is 0 Å². The van der Waals surface area contributed by atoms with Crippen molar-refractivity contribution in [3.63, 3.8) is 0 Å². The zero-order valence-corrected chi connectivity index (χ0v) is 26.3. The molecular weight excluding hydrogens is 580 g/mol. The molecule has 0 aliphatic carbocycles. The Bertz CT molecular complexity index is 1690. The number of ketones is 1. The maximum absolute atomic E-state index is 13.7. The first-order valence-electron chi connectivity index (χ1n) is 14.5. The molecule has 9 nitrogen and oxygen atoms in total. The first-order chi connectivity index (χ1) is 21.2. The lowest BCUT2D eigenvalue weighted by Crippen LogP contribution is -2.29. The van der Waals surface area contributed by atoms with Crippen molar-refractivity contribution in [1.82, 2.24) is 4.98 Å². The van der Waals surface area contributed by atoms with Crippen LogP contribution in [0.25, 0.3) is 16.0 Å². The number of fused-ring (bicyclic) bond motifs is 1. The number of carbonyl (C=O) groups is 2. The minimum absolute atomic E-state index is 0.0513. The van der Waals surface area contributed by atoms with E-state index < -0.39 is 17.7 Å². The number of benzene rings is 3. The summed E-state index contributed by atoms with van der Waals surface area (Å²) in [6, 6.07) is 16.5. The summed E-state index contributed by atoms with van der Waals surface area (Å²) in [4.78, 5) is 33.5. The van der Waals surface area contributed by atoms with Crippen LogP contribution in [0, 0.1) is 5.92 Å². The van der Waals surface area contributed by atoms with Crippen LogP contribution in [0.5, 0.6) is 23.0 Å². The van der Waals surface area contributed by atoms with Gasteiger partial charge in [0.25, 0.3) is 5.78 Å². The molecule has 0 radical (unpaired) electrons. The first-order valence-corrected chi connectivity index (χ1v) is 15.4. The quantitative estimate of drug-likeness (QED) is 0.102. The largest absolute Gasteiger partial charge is 0.507 e. The standard InChI is InChI=1S/C34H36N2O7S/c1-6-16-42-23-10-7-21(8-11-23)31(37)29-30(22-9-14-26(27(18-22)41-5)43-17-15-20(2)3)36(33(39)32(29)38)34-35-25-13-12-24(40-4)19-28(25)44-34/h7-14,18-20,30,37H,6,15-17H2,1-5H3/b31-29+. The molecular formula is C34H36N2O7S. The third kappa shape index (κ3) is 6.21. The normalized spacial score (nSPS) is 16.1. The van der Waals surface area contributed by atoms with Crippen LogP contribution in [0.2, 0.25) is 0 Å². The van der Waals surface area contributed by atoms with Gasteiger partial charge in [0, 0.05) is 5.56 Å². The van der Waals surface area contributed by atoms with Gasteiger partial charge >= 0.3 is 5.91 Å². The van der Waals surface area contributed by atoms with E-state index >= 15 is 0 Å². The van der Waals surface area contributed by atoms with Gasteiger partial charge in [-0.2, -0.15) is 0 Å². The fraction of sp³-hybridized carbons (Fsp3) is 0.324. The van der Waals surface area contributed by atoms with Crippen LogP contribution in [0.4, 0.5) is 5.13 Å². The molecule has 2 heterocycles. The Hall–Kier alpha value is -4.57. The Morgan fingerprint density at radius 1 is 0.932 bits per heavy atom. The molecule has 0 spiro atoms. The zero-order valence-electron chi connectivity index (χ0n) is 25.5. The number of aromatic nitrogens is 1. The van der Waals surface area contributed by atoms with E-state index in [4.69, 9.17) is 23.9 Å². The van der Waals surface area contributed by atoms with Gasteiger partial charge in [-0.05, 0) is 78.9 Å². The summed E-state index contributed by atoms with van der Waals surface area (Å²) in [6.07, 6.45) is 1.73. The highest BCUT2D eigenvalue weighted by molar-refractivity contribution is 7.22. The number of amides is 1. The van der Waals surface area contributed by atoms with E-state index in [1.165, 1.54) is 23.3 Å². The monoisotopic (exact) mass is 616 g/mol. The summed E-state index contributed by atoms with van der Waals surface area (Å²) in [6.45, 7) is 7.33. The van der Waals surface area contributed by atoms with Gasteiger partial charge in [0.1, 0.15) is 17.3 Å². The summed E-state index contributed by atoms with van der Waals surface area (Å²) in [7, 11) is 3.11. The van der Waals surface area contributed by atoms with E-state index in [2.05, 4.69) is 13.8 Å². The number of hydrogen-bond acceptors (Lipinski definition) is 9. The lowest BCUT2D eigenvalue weighted by molar-refractivity contribution is -0.132. The number of aliphatic hydroxyl groups is 1. The number of hydrogen-bond donors (Lipinski definition) is 1. The van der Waals surface area contributed by atoms with Crippen LogP contribution in [0.15, 0.2) is 66.2 Å². The van der Waals surface area contributed by atoms with Gasteiger partial charge in [0.15, 0.2) is 16.6 Å². The van der Waals surface area contributed by atoms with Crippen molar-refractivity contribution in [2.75, 3.05) is 32.3 Å². The van der Waals surface area contributed by atoms with Gasteiger partial charge in [0.2, 0.25) is 0 Å². The number of anilines is 1. The molecule has 0 saturated carbocycles. The van der Waals surface area contributed by atoms with Crippen LogP contribution >= 0.6 is 11.3 Å². The smallest absolute Gasteiger partial charge is 0.301 e. The van der Waals surface area contributed by atoms with Crippen LogP contribution in [-0.2, 0) is 9.59 Å². The van der Waals surface area contributed by atoms with E-state index in [9.17, 15) is 14.7 Å². The Kier molecular flexibility index (Phi) is 9.39. The second kappa shape index (κ2) is 13.4. The lowest BCUT2D eigenvalue weighted by atomic mass is 9.95. The highest BCUT2D eigenvalue weighted by atomic mass is 32.1. The highest BCUT2D eigenvalue weighted by Crippen LogP contribution is 2.46. The summed E-state index contributed by atoms with van der Waals surface area (Å²) in [5.74, 6) is 0.858. The third-order valence-electron chi connectivity index (χ3n) is 7.29. The molecule has 3 aromatic carbocycles. The summed E-state index contributed by atoms with van der Waals surface area (Å²) in [5, 5.41) is 11.9. The summed E-state index contributed by atoms with van der Waals surface area (Å²) in [5.41, 5.74) is 1.54. The number of Topliss-reactive ketones (excluding diaryl/α,β-unsaturated/α-hetero) is 1. The average Bonchev–Trinajstić information content (AvgIpc) is 3.57. The minimum atomic E-state index is -0.980. The van der Waals surface area contributed by atoms with Crippen molar-refractivity contribution >= 4 is 44.1 Å². The number of thiazole rings is 1. The molecule has 1 atom stereocenters. The Balaban J connectivity index is 1.63. The molecule has 44 heavy (non-hydrogen) atoms. The van der Waals surface area contributed by atoms with E-state index in [0.717, 1.165) is 17.5 Å². The van der Waals surface area contributed by atoms with Crippen LogP contribution in [0.1, 0.15) is 50.8 Å². The molecule has 1 aliphatic rings. The molecule has 5 rings (SSSR count). The molecule has 1 fully saturated rings.